The van der Waals surface area contributed by atoms with Gasteiger partial charge in [-0.3, -0.25) is 4.79 Å². The Hall–Kier alpha value is -1.18. The van der Waals surface area contributed by atoms with Gasteiger partial charge in [-0.2, -0.15) is 0 Å². The van der Waals surface area contributed by atoms with Gasteiger partial charge in [-0.1, -0.05) is 18.2 Å². The molecule has 2 unspecified atom stereocenters. The van der Waals surface area contributed by atoms with Crippen LogP contribution in [0.4, 0.5) is 4.39 Å². The summed E-state index contributed by atoms with van der Waals surface area (Å²) in [5.74, 6) is 0.381. The quantitative estimate of drug-likeness (QED) is 0.677. The Labute approximate surface area is 89.3 Å². The normalized spacial score (nSPS) is 25.5. The van der Waals surface area contributed by atoms with E-state index in [0.29, 0.717) is 18.8 Å². The number of ketones is 1. The van der Waals surface area contributed by atoms with E-state index in [-0.39, 0.29) is 5.78 Å². The molecule has 2 rings (SSSR count). The Morgan fingerprint density at radius 2 is 2.20 bits per heavy atom. The number of hydrogen-bond acceptors (Lipinski definition) is 1. The maximum atomic E-state index is 13.1. The summed E-state index contributed by atoms with van der Waals surface area (Å²) < 4.78 is 13.1. The third-order valence-electron chi connectivity index (χ3n) is 3.13. The van der Waals surface area contributed by atoms with E-state index in [0.717, 1.165) is 17.5 Å². The highest BCUT2D eigenvalue weighted by molar-refractivity contribution is 5.94. The number of alkyl halides is 1. The number of Topliss-reactive ketones (excluding diaryl/α,β-unsaturated/α-hetero) is 1. The fraction of sp³-hybridized carbons (Fsp3) is 0.462. The Morgan fingerprint density at radius 3 is 2.80 bits per heavy atom. The summed E-state index contributed by atoms with van der Waals surface area (Å²) in [6.45, 7) is 1.56. The standard InChI is InChI=1S/C13H15FO/c1-9(15)10-3-2-4-11(7-10)12-5-6-13(14)8-12/h2-4,7,12-13H,5-6,8H2,1H3. The first-order valence-corrected chi connectivity index (χ1v) is 5.42. The van der Waals surface area contributed by atoms with Crippen LogP contribution in [0.1, 0.15) is 48.0 Å². The molecule has 2 heteroatoms. The van der Waals surface area contributed by atoms with Crippen LogP contribution in [0.2, 0.25) is 0 Å². The van der Waals surface area contributed by atoms with Gasteiger partial charge in [0.25, 0.3) is 0 Å². The average molecular weight is 206 g/mol. The van der Waals surface area contributed by atoms with E-state index in [9.17, 15) is 9.18 Å². The van der Waals surface area contributed by atoms with E-state index in [1.54, 1.807) is 6.92 Å². The maximum absolute atomic E-state index is 13.1. The summed E-state index contributed by atoms with van der Waals surface area (Å²) >= 11 is 0. The second-order valence-electron chi connectivity index (χ2n) is 4.29. The highest BCUT2D eigenvalue weighted by Gasteiger charge is 2.25. The molecule has 1 aliphatic carbocycles. The number of rotatable bonds is 2. The molecule has 0 bridgehead atoms. The van der Waals surface area contributed by atoms with Gasteiger partial charge in [0.1, 0.15) is 6.17 Å². The van der Waals surface area contributed by atoms with Crippen molar-refractivity contribution >= 4 is 5.78 Å². The minimum Gasteiger partial charge on any atom is -0.295 e. The number of benzene rings is 1. The fourth-order valence-corrected chi connectivity index (χ4v) is 2.24. The first-order chi connectivity index (χ1) is 7.16. The van der Waals surface area contributed by atoms with E-state index in [2.05, 4.69) is 0 Å². The molecule has 0 amide bonds. The summed E-state index contributed by atoms with van der Waals surface area (Å²) in [5.41, 5.74) is 1.85. The van der Waals surface area contributed by atoms with Crippen molar-refractivity contribution in [1.29, 1.82) is 0 Å². The summed E-state index contributed by atoms with van der Waals surface area (Å²) in [5, 5.41) is 0. The molecule has 2 atom stereocenters. The van der Waals surface area contributed by atoms with E-state index in [1.807, 2.05) is 24.3 Å². The van der Waals surface area contributed by atoms with Gasteiger partial charge in [0.2, 0.25) is 0 Å². The van der Waals surface area contributed by atoms with Crippen LogP contribution >= 0.6 is 0 Å². The van der Waals surface area contributed by atoms with Gasteiger partial charge in [-0.15, -0.1) is 0 Å². The molecule has 1 aliphatic rings. The number of hydrogen-bond donors (Lipinski definition) is 0. The molecular weight excluding hydrogens is 191 g/mol. The average Bonchev–Trinajstić information content (AvgIpc) is 2.65. The lowest BCUT2D eigenvalue weighted by Crippen LogP contribution is -1.98. The fourth-order valence-electron chi connectivity index (χ4n) is 2.24. The van der Waals surface area contributed by atoms with Gasteiger partial charge < -0.3 is 0 Å². The lowest BCUT2D eigenvalue weighted by molar-refractivity contribution is 0.101. The molecule has 0 aliphatic heterocycles. The van der Waals surface area contributed by atoms with Crippen molar-refractivity contribution in [3.8, 4) is 0 Å². The van der Waals surface area contributed by atoms with Gasteiger partial charge in [0.05, 0.1) is 0 Å². The van der Waals surface area contributed by atoms with Gasteiger partial charge in [-0.25, -0.2) is 4.39 Å². The van der Waals surface area contributed by atoms with Gasteiger partial charge in [-0.05, 0) is 43.7 Å². The Kier molecular flexibility index (Phi) is 2.85. The highest BCUT2D eigenvalue weighted by atomic mass is 19.1. The Bertz CT molecular complexity index is 373. The monoisotopic (exact) mass is 206 g/mol. The van der Waals surface area contributed by atoms with Crippen molar-refractivity contribution in [2.24, 2.45) is 0 Å². The molecule has 0 saturated heterocycles. The topological polar surface area (TPSA) is 17.1 Å². The van der Waals surface area contributed by atoms with Crippen LogP contribution in [0.5, 0.6) is 0 Å². The first kappa shape index (κ1) is 10.3. The van der Waals surface area contributed by atoms with Crippen LogP contribution in [0.15, 0.2) is 24.3 Å². The second kappa shape index (κ2) is 4.13. The maximum Gasteiger partial charge on any atom is 0.159 e. The molecule has 1 saturated carbocycles. The zero-order chi connectivity index (χ0) is 10.8. The van der Waals surface area contributed by atoms with E-state index >= 15 is 0 Å². The van der Waals surface area contributed by atoms with Gasteiger partial charge in [0, 0.05) is 5.56 Å². The second-order valence-corrected chi connectivity index (χ2v) is 4.29. The zero-order valence-corrected chi connectivity index (χ0v) is 8.87. The number of carbonyl (C=O) groups is 1. The van der Waals surface area contributed by atoms with E-state index in [1.165, 1.54) is 0 Å². The van der Waals surface area contributed by atoms with Crippen LogP contribution in [-0.2, 0) is 0 Å². The van der Waals surface area contributed by atoms with Crippen molar-refractivity contribution in [2.45, 2.75) is 38.3 Å². The summed E-state index contributed by atoms with van der Waals surface area (Å²) in [4.78, 5) is 11.2. The molecule has 0 aromatic heterocycles. The largest absolute Gasteiger partial charge is 0.295 e. The molecule has 1 aromatic carbocycles. The highest BCUT2D eigenvalue weighted by Crippen LogP contribution is 2.36. The molecule has 15 heavy (non-hydrogen) atoms. The minimum absolute atomic E-state index is 0.0756. The van der Waals surface area contributed by atoms with Crippen molar-refractivity contribution in [1.82, 2.24) is 0 Å². The molecule has 0 N–H and O–H groups in total. The lowest BCUT2D eigenvalue weighted by Gasteiger charge is -2.10. The summed E-state index contributed by atoms with van der Waals surface area (Å²) in [6, 6.07) is 7.60. The van der Waals surface area contributed by atoms with Crippen LogP contribution in [0.25, 0.3) is 0 Å². The Morgan fingerprint density at radius 1 is 1.40 bits per heavy atom. The van der Waals surface area contributed by atoms with Crippen LogP contribution in [0, 0.1) is 0 Å². The third kappa shape index (κ3) is 2.25. The summed E-state index contributed by atoms with van der Waals surface area (Å²) in [7, 11) is 0. The van der Waals surface area contributed by atoms with Gasteiger partial charge in [0.15, 0.2) is 5.78 Å². The third-order valence-corrected chi connectivity index (χ3v) is 3.13. The molecule has 0 heterocycles. The van der Waals surface area contributed by atoms with E-state index < -0.39 is 6.17 Å². The SMILES string of the molecule is CC(=O)c1cccc(C2CCC(F)C2)c1. The predicted octanol–water partition coefficient (Wildman–Crippen LogP) is 3.49. The minimum atomic E-state index is -0.656. The lowest BCUT2D eigenvalue weighted by atomic mass is 9.95. The van der Waals surface area contributed by atoms with E-state index in [4.69, 9.17) is 0 Å². The Balaban J connectivity index is 2.21. The molecule has 1 nitrogen and oxygen atoms in total. The molecule has 0 spiro atoms. The van der Waals surface area contributed by atoms with Crippen molar-refractivity contribution < 1.29 is 9.18 Å². The van der Waals surface area contributed by atoms with Crippen molar-refractivity contribution in [3.05, 3.63) is 35.4 Å². The number of halogens is 1. The van der Waals surface area contributed by atoms with Crippen LogP contribution in [-0.4, -0.2) is 12.0 Å². The molecule has 1 fully saturated rings. The van der Waals surface area contributed by atoms with Crippen LogP contribution < -0.4 is 0 Å². The molecule has 80 valence electrons. The van der Waals surface area contributed by atoms with Gasteiger partial charge >= 0.3 is 0 Å². The first-order valence-electron chi connectivity index (χ1n) is 5.42. The number of carbonyl (C=O) groups excluding carboxylic acids is 1. The summed E-state index contributed by atoms with van der Waals surface area (Å²) in [6.07, 6.45) is 1.52. The zero-order valence-electron chi connectivity index (χ0n) is 8.87. The molecule has 1 aromatic rings. The molecule has 0 radical (unpaired) electrons. The predicted molar refractivity (Wildman–Crippen MR) is 57.9 cm³/mol. The van der Waals surface area contributed by atoms with Crippen molar-refractivity contribution in [3.63, 3.8) is 0 Å². The smallest absolute Gasteiger partial charge is 0.159 e. The molecular formula is C13H15FO. The van der Waals surface area contributed by atoms with Crippen LogP contribution in [0.3, 0.4) is 0 Å². The van der Waals surface area contributed by atoms with Crippen molar-refractivity contribution in [2.75, 3.05) is 0 Å².